The zero-order valence-electron chi connectivity index (χ0n) is 12.9. The number of amides is 1. The van der Waals surface area contributed by atoms with Crippen LogP contribution in [0.4, 0.5) is 10.1 Å². The minimum Gasteiger partial charge on any atom is -0.357 e. The van der Waals surface area contributed by atoms with Crippen molar-refractivity contribution in [2.24, 2.45) is 4.99 Å². The number of alkyl halides is 1. The van der Waals surface area contributed by atoms with E-state index in [2.05, 4.69) is 20.9 Å². The molecule has 0 saturated heterocycles. The van der Waals surface area contributed by atoms with Gasteiger partial charge >= 0.3 is 0 Å². The van der Waals surface area contributed by atoms with Gasteiger partial charge in [-0.3, -0.25) is 14.2 Å². The van der Waals surface area contributed by atoms with Crippen molar-refractivity contribution in [3.8, 4) is 0 Å². The third-order valence-corrected chi connectivity index (χ3v) is 3.52. The minimum atomic E-state index is -0.345. The van der Waals surface area contributed by atoms with Crippen LogP contribution in [0.15, 0.2) is 29.3 Å². The number of halogens is 1. The third-order valence-electron chi connectivity index (χ3n) is 3.52. The number of guanidine groups is 1. The Hall–Kier alpha value is -2.11. The van der Waals surface area contributed by atoms with Crippen LogP contribution in [0.2, 0.25) is 0 Å². The first kappa shape index (κ1) is 16.3. The molecule has 0 radical (unpaired) electrons. The molecule has 2 rings (SSSR count). The molecule has 22 heavy (non-hydrogen) atoms. The van der Waals surface area contributed by atoms with E-state index in [9.17, 15) is 9.18 Å². The van der Waals surface area contributed by atoms with Gasteiger partial charge in [-0.15, -0.1) is 0 Å². The van der Waals surface area contributed by atoms with Crippen LogP contribution >= 0.6 is 0 Å². The molecule has 0 aromatic heterocycles. The zero-order valence-corrected chi connectivity index (χ0v) is 12.9. The van der Waals surface area contributed by atoms with Crippen molar-refractivity contribution in [1.82, 2.24) is 10.6 Å². The molecule has 0 bridgehead atoms. The molecule has 1 aromatic rings. The number of para-hydroxylation sites is 1. The Kier molecular flexibility index (Phi) is 6.18. The molecule has 0 fully saturated rings. The summed E-state index contributed by atoms with van der Waals surface area (Å²) >= 11 is 0. The lowest BCUT2D eigenvalue weighted by molar-refractivity contribution is -0.116. The van der Waals surface area contributed by atoms with Crippen LogP contribution in [0.25, 0.3) is 0 Å². The molecular formula is C16H23FN4O. The summed E-state index contributed by atoms with van der Waals surface area (Å²) in [6.45, 7) is 3.45. The van der Waals surface area contributed by atoms with Crippen LogP contribution in [0.5, 0.6) is 0 Å². The SMILES string of the molecule is CCNC(=NCC1CC(=O)Nc2ccccc21)NCCCF. The lowest BCUT2D eigenvalue weighted by atomic mass is 9.91. The first-order valence-corrected chi connectivity index (χ1v) is 7.71. The highest BCUT2D eigenvalue weighted by Crippen LogP contribution is 2.31. The monoisotopic (exact) mass is 306 g/mol. The van der Waals surface area contributed by atoms with Crippen molar-refractivity contribution in [3.63, 3.8) is 0 Å². The van der Waals surface area contributed by atoms with Gasteiger partial charge in [-0.25, -0.2) is 0 Å². The highest BCUT2D eigenvalue weighted by atomic mass is 19.1. The number of nitrogens with one attached hydrogen (secondary N) is 3. The topological polar surface area (TPSA) is 65.5 Å². The lowest BCUT2D eigenvalue weighted by Gasteiger charge is -2.24. The molecule has 120 valence electrons. The lowest BCUT2D eigenvalue weighted by Crippen LogP contribution is -2.38. The number of fused-ring (bicyclic) bond motifs is 1. The standard InChI is InChI=1S/C16H23FN4O/c1-2-18-16(19-9-5-8-17)20-11-12-10-15(22)21-14-7-4-3-6-13(12)14/h3-4,6-7,12H,2,5,8-11H2,1H3,(H,21,22)(H2,18,19,20). The van der Waals surface area contributed by atoms with Gasteiger partial charge in [0.25, 0.3) is 0 Å². The maximum absolute atomic E-state index is 12.2. The fourth-order valence-electron chi connectivity index (χ4n) is 2.48. The Balaban J connectivity index is 2.04. The average molecular weight is 306 g/mol. The summed E-state index contributed by atoms with van der Waals surface area (Å²) < 4.78 is 12.2. The van der Waals surface area contributed by atoms with E-state index in [0.717, 1.165) is 17.8 Å². The second kappa shape index (κ2) is 8.36. The predicted molar refractivity (Wildman–Crippen MR) is 87.0 cm³/mol. The first-order valence-electron chi connectivity index (χ1n) is 7.71. The fraction of sp³-hybridized carbons (Fsp3) is 0.500. The summed E-state index contributed by atoms with van der Waals surface area (Å²) in [6.07, 6.45) is 0.892. The largest absolute Gasteiger partial charge is 0.357 e. The van der Waals surface area contributed by atoms with E-state index in [1.54, 1.807) is 0 Å². The van der Waals surface area contributed by atoms with Crippen molar-refractivity contribution in [3.05, 3.63) is 29.8 Å². The molecule has 1 amide bonds. The number of carbonyl (C=O) groups excluding carboxylic acids is 1. The Morgan fingerprint density at radius 3 is 3.00 bits per heavy atom. The van der Waals surface area contributed by atoms with Crippen molar-refractivity contribution in [2.75, 3.05) is 31.6 Å². The number of aliphatic imine (C=N–C) groups is 1. The smallest absolute Gasteiger partial charge is 0.225 e. The molecular weight excluding hydrogens is 283 g/mol. The number of rotatable bonds is 6. The van der Waals surface area contributed by atoms with Gasteiger partial charge in [0.2, 0.25) is 5.91 Å². The normalized spacial score (nSPS) is 17.6. The number of benzene rings is 1. The Labute approximate surface area is 130 Å². The van der Waals surface area contributed by atoms with Gasteiger partial charge in [-0.1, -0.05) is 18.2 Å². The molecule has 3 N–H and O–H groups in total. The van der Waals surface area contributed by atoms with Crippen molar-refractivity contribution < 1.29 is 9.18 Å². The van der Waals surface area contributed by atoms with E-state index in [-0.39, 0.29) is 18.5 Å². The second-order valence-electron chi connectivity index (χ2n) is 5.23. The van der Waals surface area contributed by atoms with Gasteiger partial charge in [-0.05, 0) is 25.0 Å². The Morgan fingerprint density at radius 2 is 2.23 bits per heavy atom. The van der Waals surface area contributed by atoms with E-state index in [4.69, 9.17) is 0 Å². The molecule has 1 aliphatic rings. The maximum atomic E-state index is 12.2. The van der Waals surface area contributed by atoms with E-state index >= 15 is 0 Å². The number of anilines is 1. The minimum absolute atomic E-state index is 0.0225. The van der Waals surface area contributed by atoms with E-state index < -0.39 is 0 Å². The quantitative estimate of drug-likeness (QED) is 0.428. The van der Waals surface area contributed by atoms with Crippen molar-refractivity contribution in [2.45, 2.75) is 25.7 Å². The average Bonchev–Trinajstić information content (AvgIpc) is 2.52. The summed E-state index contributed by atoms with van der Waals surface area (Å²) in [5, 5.41) is 9.11. The molecule has 0 spiro atoms. The number of hydrogen-bond donors (Lipinski definition) is 3. The number of hydrogen-bond acceptors (Lipinski definition) is 2. The van der Waals surface area contributed by atoms with E-state index in [1.165, 1.54) is 0 Å². The molecule has 0 saturated carbocycles. The predicted octanol–water partition coefficient (Wildman–Crippen LogP) is 2.03. The zero-order chi connectivity index (χ0) is 15.8. The second-order valence-corrected chi connectivity index (χ2v) is 5.23. The van der Waals surface area contributed by atoms with E-state index in [0.29, 0.717) is 31.9 Å². The van der Waals surface area contributed by atoms with Crippen LogP contribution in [0.1, 0.15) is 31.2 Å². The molecule has 1 heterocycles. The molecule has 1 aliphatic heterocycles. The van der Waals surface area contributed by atoms with Crippen LogP contribution < -0.4 is 16.0 Å². The van der Waals surface area contributed by atoms with Gasteiger partial charge in [0.1, 0.15) is 0 Å². The highest BCUT2D eigenvalue weighted by Gasteiger charge is 2.24. The summed E-state index contributed by atoms with van der Waals surface area (Å²) in [5.74, 6) is 0.760. The molecule has 6 heteroatoms. The van der Waals surface area contributed by atoms with Gasteiger partial charge in [-0.2, -0.15) is 0 Å². The fourth-order valence-corrected chi connectivity index (χ4v) is 2.48. The third kappa shape index (κ3) is 4.44. The maximum Gasteiger partial charge on any atom is 0.225 e. The van der Waals surface area contributed by atoms with Gasteiger partial charge in [0.15, 0.2) is 5.96 Å². The summed E-state index contributed by atoms with van der Waals surface area (Å²) in [5.41, 5.74) is 1.99. The molecule has 1 atom stereocenters. The van der Waals surface area contributed by atoms with Gasteiger partial charge in [0, 0.05) is 31.1 Å². The summed E-state index contributed by atoms with van der Waals surface area (Å²) in [7, 11) is 0. The Bertz CT molecular complexity index is 533. The summed E-state index contributed by atoms with van der Waals surface area (Å²) in [4.78, 5) is 16.3. The molecule has 1 unspecified atom stereocenters. The van der Waals surface area contributed by atoms with Crippen LogP contribution in [0, 0.1) is 0 Å². The van der Waals surface area contributed by atoms with Crippen molar-refractivity contribution in [1.29, 1.82) is 0 Å². The van der Waals surface area contributed by atoms with Crippen LogP contribution in [-0.2, 0) is 4.79 Å². The number of carbonyl (C=O) groups is 1. The van der Waals surface area contributed by atoms with Gasteiger partial charge in [0.05, 0.1) is 13.2 Å². The van der Waals surface area contributed by atoms with Crippen LogP contribution in [0.3, 0.4) is 0 Å². The Morgan fingerprint density at radius 1 is 1.41 bits per heavy atom. The highest BCUT2D eigenvalue weighted by molar-refractivity contribution is 5.94. The first-order chi connectivity index (χ1) is 10.7. The van der Waals surface area contributed by atoms with E-state index in [1.807, 2.05) is 31.2 Å². The van der Waals surface area contributed by atoms with Crippen molar-refractivity contribution >= 4 is 17.6 Å². The summed E-state index contributed by atoms with van der Waals surface area (Å²) in [6, 6.07) is 7.82. The molecule has 5 nitrogen and oxygen atoms in total. The van der Waals surface area contributed by atoms with Gasteiger partial charge < -0.3 is 16.0 Å². The molecule has 1 aromatic carbocycles. The molecule has 0 aliphatic carbocycles. The number of nitrogens with zero attached hydrogens (tertiary/aromatic N) is 1. The van der Waals surface area contributed by atoms with Crippen LogP contribution in [-0.4, -0.2) is 38.2 Å².